The second-order valence-electron chi connectivity index (χ2n) is 9.77. The van der Waals surface area contributed by atoms with Crippen molar-refractivity contribution in [2.75, 3.05) is 0 Å². The Balaban J connectivity index is 1.85. The van der Waals surface area contributed by atoms with Crippen molar-refractivity contribution in [2.24, 2.45) is 0 Å². The summed E-state index contributed by atoms with van der Waals surface area (Å²) in [5, 5.41) is 1.77. The third kappa shape index (κ3) is 16.1. The molecule has 0 atom stereocenters. The lowest BCUT2D eigenvalue weighted by molar-refractivity contribution is 0.531. The molecule has 0 N–H and O–H groups in total. The Kier molecular flexibility index (Phi) is 18.0. The largest absolute Gasteiger partial charge is 0.0719 e. The number of rotatable bonds is 20. The number of hydrogen-bond donors (Lipinski definition) is 0. The van der Waals surface area contributed by atoms with Crippen molar-refractivity contribution in [1.82, 2.24) is 0 Å². The summed E-state index contributed by atoms with van der Waals surface area (Å²) in [6, 6.07) is 12.3. The summed E-state index contributed by atoms with van der Waals surface area (Å²) in [5.74, 6) is 0. The molecular weight excluding hydrogens is 380 g/mol. The molecule has 0 radical (unpaired) electrons. The highest BCUT2D eigenvalue weighted by Gasteiger charge is 2.05. The van der Waals surface area contributed by atoms with Crippen LogP contribution in [0.25, 0.3) is 0 Å². The van der Waals surface area contributed by atoms with Crippen LogP contribution in [0.5, 0.6) is 0 Å². The van der Waals surface area contributed by atoms with Gasteiger partial charge in [0.25, 0.3) is 0 Å². The maximum Gasteiger partial charge on any atom is 0.0551 e. The summed E-state index contributed by atoms with van der Waals surface area (Å²) in [6.07, 6.45) is 23.5. The zero-order valence-electron chi connectivity index (χ0n) is 20.3. The van der Waals surface area contributed by atoms with E-state index in [4.69, 9.17) is 0 Å². The number of hydrogen-bond acceptors (Lipinski definition) is 0. The van der Waals surface area contributed by atoms with E-state index in [0.29, 0.717) is 0 Å². The van der Waals surface area contributed by atoms with E-state index in [1.165, 1.54) is 115 Å². The Morgan fingerprint density at radius 3 is 1.55 bits per heavy atom. The molecule has 0 aromatic heterocycles. The summed E-state index contributed by atoms with van der Waals surface area (Å²) >= 11 is 0. The van der Waals surface area contributed by atoms with E-state index >= 15 is 0 Å². The monoisotopic (exact) mass is 432 g/mol. The molecule has 0 heterocycles. The van der Waals surface area contributed by atoms with E-state index in [1.807, 2.05) is 0 Å². The molecule has 0 bridgehead atoms. The quantitative estimate of drug-likeness (QED) is 0.146. The van der Waals surface area contributed by atoms with Gasteiger partial charge in [-0.25, -0.2) is 0 Å². The van der Waals surface area contributed by atoms with Gasteiger partial charge in [0.2, 0.25) is 0 Å². The zero-order chi connectivity index (χ0) is 21.0. The van der Waals surface area contributed by atoms with Gasteiger partial charge < -0.3 is 0 Å². The van der Waals surface area contributed by atoms with Crippen LogP contribution in [0.4, 0.5) is 0 Å². The molecule has 1 aromatic carbocycles. The van der Waals surface area contributed by atoms with Gasteiger partial charge in [0.15, 0.2) is 0 Å². The lowest BCUT2D eigenvalue weighted by Gasteiger charge is -2.10. The molecule has 0 nitrogen and oxygen atoms in total. The van der Waals surface area contributed by atoms with E-state index < -0.39 is 8.80 Å². The highest BCUT2D eigenvalue weighted by atomic mass is 28.3. The predicted molar refractivity (Wildman–Crippen MR) is 142 cm³/mol. The summed E-state index contributed by atoms with van der Waals surface area (Å²) in [6.45, 7) is 7.26. The minimum absolute atomic E-state index is 0.0257. The van der Waals surface area contributed by atoms with Crippen LogP contribution in [-0.2, 0) is 6.04 Å². The molecule has 0 unspecified atom stereocenters. The van der Waals surface area contributed by atoms with Gasteiger partial charge in [0.1, 0.15) is 0 Å². The van der Waals surface area contributed by atoms with Crippen LogP contribution in [0, 0.1) is 0 Å². The normalized spacial score (nSPS) is 11.9. The van der Waals surface area contributed by atoms with Gasteiger partial charge in [-0.05, 0) is 6.04 Å². The smallest absolute Gasteiger partial charge is 0.0551 e. The molecule has 0 aliphatic carbocycles. The average molecular weight is 433 g/mol. The fourth-order valence-corrected chi connectivity index (χ4v) is 7.92. The molecule has 1 aromatic rings. The fourth-order valence-electron chi connectivity index (χ4n) is 4.48. The van der Waals surface area contributed by atoms with E-state index in [9.17, 15) is 0 Å². The Morgan fingerprint density at radius 2 is 1.07 bits per heavy atom. The van der Waals surface area contributed by atoms with Gasteiger partial charge in [-0.1, -0.05) is 164 Å². The van der Waals surface area contributed by atoms with Gasteiger partial charge in [-0.2, -0.15) is 0 Å². The van der Waals surface area contributed by atoms with Gasteiger partial charge >= 0.3 is 0 Å². The van der Waals surface area contributed by atoms with Crippen LogP contribution in [0.2, 0.25) is 19.1 Å². The fraction of sp³-hybridized carbons (Fsp3) is 0.778. The Morgan fingerprint density at radius 1 is 0.621 bits per heavy atom. The van der Waals surface area contributed by atoms with Gasteiger partial charge in [-0.3, -0.25) is 0 Å². The van der Waals surface area contributed by atoms with Crippen molar-refractivity contribution in [3.05, 3.63) is 29.8 Å². The van der Waals surface area contributed by atoms with E-state index in [0.717, 1.165) is 0 Å². The summed E-state index contributed by atoms with van der Waals surface area (Å²) in [7, 11) is -0.510. The second kappa shape index (κ2) is 19.6. The third-order valence-corrected chi connectivity index (χ3v) is 9.63. The molecule has 0 saturated heterocycles. The Labute approximate surface area is 188 Å². The van der Waals surface area contributed by atoms with Crippen LogP contribution < -0.4 is 5.19 Å². The zero-order valence-corrected chi connectivity index (χ0v) is 22.9. The topological polar surface area (TPSA) is 0 Å². The van der Waals surface area contributed by atoms with Gasteiger partial charge in [0, 0.05) is 8.80 Å². The van der Waals surface area contributed by atoms with E-state index in [2.05, 4.69) is 44.3 Å². The van der Waals surface area contributed by atoms with Crippen molar-refractivity contribution >= 4 is 23.5 Å². The molecule has 0 aliphatic rings. The molecule has 168 valence electrons. The maximum absolute atomic E-state index is 2.48. The molecule has 0 saturated carbocycles. The Bertz CT molecular complexity index is 469. The third-order valence-electron chi connectivity index (χ3n) is 6.30. The summed E-state index contributed by atoms with van der Waals surface area (Å²) in [4.78, 5) is 0. The molecule has 1 rings (SSSR count). The minimum Gasteiger partial charge on any atom is -0.0719 e. The molecule has 0 spiro atoms. The van der Waals surface area contributed by atoms with Crippen LogP contribution in [0.15, 0.2) is 24.3 Å². The summed E-state index contributed by atoms with van der Waals surface area (Å²) < 4.78 is 0. The standard InChI is InChI=1S/C27H52Si2/c1-4-5-6-7-8-9-10-11-12-13-14-15-16-17-18-21-24-28-27-23-20-19-22-26(27)25-29(2)3/h19-20,22-23,29H,4-18,21,24-25,28H2,1-3H3. The van der Waals surface area contributed by atoms with Crippen LogP contribution >= 0.6 is 0 Å². The second-order valence-corrected chi connectivity index (χ2v) is 14.9. The number of unbranched alkanes of at least 4 members (excludes halogenated alkanes) is 15. The first-order valence-electron chi connectivity index (χ1n) is 13.3. The predicted octanol–water partition coefficient (Wildman–Crippen LogP) is 7.73. The highest BCUT2D eigenvalue weighted by Crippen LogP contribution is 2.14. The lowest BCUT2D eigenvalue weighted by atomic mass is 10.0. The molecular formula is C27H52Si2. The van der Waals surface area contributed by atoms with E-state index in [1.54, 1.807) is 10.8 Å². The van der Waals surface area contributed by atoms with Crippen molar-refractivity contribution in [2.45, 2.75) is 135 Å². The van der Waals surface area contributed by atoms with Crippen molar-refractivity contribution < 1.29 is 0 Å². The van der Waals surface area contributed by atoms with Crippen LogP contribution in [-0.4, -0.2) is 18.3 Å². The number of benzene rings is 1. The van der Waals surface area contributed by atoms with E-state index in [-0.39, 0.29) is 9.52 Å². The van der Waals surface area contributed by atoms with Crippen molar-refractivity contribution in [1.29, 1.82) is 0 Å². The highest BCUT2D eigenvalue weighted by molar-refractivity contribution is 6.57. The van der Waals surface area contributed by atoms with Gasteiger partial charge in [-0.15, -0.1) is 0 Å². The first kappa shape index (κ1) is 26.7. The van der Waals surface area contributed by atoms with Crippen molar-refractivity contribution in [3.8, 4) is 0 Å². The van der Waals surface area contributed by atoms with Crippen molar-refractivity contribution in [3.63, 3.8) is 0 Å². The Hall–Kier alpha value is -0.346. The van der Waals surface area contributed by atoms with Crippen LogP contribution in [0.3, 0.4) is 0 Å². The molecule has 0 amide bonds. The molecule has 2 heteroatoms. The lowest BCUT2D eigenvalue weighted by Crippen LogP contribution is -2.22. The van der Waals surface area contributed by atoms with Crippen LogP contribution in [0.1, 0.15) is 115 Å². The molecule has 0 aliphatic heterocycles. The first-order chi connectivity index (χ1) is 14.2. The minimum atomic E-state index is -0.484. The SMILES string of the molecule is CCCCCCCCCCCCCCCCCC[SiH2]c1ccccc1C[SiH](C)C. The summed E-state index contributed by atoms with van der Waals surface area (Å²) in [5.41, 5.74) is 1.71. The molecule has 0 fully saturated rings. The molecule has 29 heavy (non-hydrogen) atoms. The maximum atomic E-state index is 2.48. The average Bonchev–Trinajstić information content (AvgIpc) is 2.71. The van der Waals surface area contributed by atoms with Gasteiger partial charge in [0.05, 0.1) is 9.52 Å². The first-order valence-corrected chi connectivity index (χ1v) is 18.1.